The van der Waals surface area contributed by atoms with E-state index in [1.54, 1.807) is 7.11 Å². The first-order valence-corrected chi connectivity index (χ1v) is 7.50. The van der Waals surface area contributed by atoms with Crippen molar-refractivity contribution in [3.8, 4) is 0 Å². The normalized spacial score (nSPS) is 16.3. The summed E-state index contributed by atoms with van der Waals surface area (Å²) < 4.78 is 5.06. The molecular formula is C14H35N3O. The number of ether oxygens (including phenoxy) is 1. The Bertz CT molecular complexity index is 121. The van der Waals surface area contributed by atoms with E-state index in [9.17, 15) is 0 Å². The first-order chi connectivity index (χ1) is 8.86. The van der Waals surface area contributed by atoms with Crippen LogP contribution in [0.1, 0.15) is 34.1 Å². The third kappa shape index (κ3) is 11.0. The number of rotatable bonds is 6. The van der Waals surface area contributed by atoms with Gasteiger partial charge < -0.3 is 15.4 Å². The molecule has 0 spiro atoms. The van der Waals surface area contributed by atoms with Gasteiger partial charge in [-0.3, -0.25) is 4.90 Å². The standard InChI is InChI=1S/C10H23N3O.2C2H6/c1-14-10-9-13-7-5-12(6-8-13)4-2-3-11;2*1-2/h2-11H2,1H3;2*1-2H3. The second-order valence-electron chi connectivity index (χ2n) is 3.82. The number of piperazine rings is 1. The van der Waals surface area contributed by atoms with Crippen molar-refractivity contribution in [3.63, 3.8) is 0 Å². The van der Waals surface area contributed by atoms with Crippen molar-refractivity contribution >= 4 is 0 Å². The lowest BCUT2D eigenvalue weighted by Gasteiger charge is -2.34. The van der Waals surface area contributed by atoms with Crippen molar-refractivity contribution in [1.82, 2.24) is 9.80 Å². The van der Waals surface area contributed by atoms with E-state index in [0.717, 1.165) is 32.7 Å². The zero-order valence-corrected chi connectivity index (χ0v) is 13.2. The van der Waals surface area contributed by atoms with Crippen molar-refractivity contribution in [2.45, 2.75) is 34.1 Å². The lowest BCUT2D eigenvalue weighted by atomic mass is 10.3. The van der Waals surface area contributed by atoms with Gasteiger partial charge in [-0.05, 0) is 19.5 Å². The Balaban J connectivity index is 0. The molecule has 0 aromatic carbocycles. The summed E-state index contributed by atoms with van der Waals surface area (Å²) in [4.78, 5) is 4.96. The van der Waals surface area contributed by atoms with Gasteiger partial charge >= 0.3 is 0 Å². The first-order valence-electron chi connectivity index (χ1n) is 7.50. The van der Waals surface area contributed by atoms with Crippen LogP contribution in [-0.4, -0.2) is 69.3 Å². The van der Waals surface area contributed by atoms with Crippen LogP contribution in [0.5, 0.6) is 0 Å². The molecule has 0 amide bonds. The second-order valence-corrected chi connectivity index (χ2v) is 3.82. The molecule has 0 aromatic rings. The average Bonchev–Trinajstić information content (AvgIpc) is 2.48. The van der Waals surface area contributed by atoms with Crippen molar-refractivity contribution < 1.29 is 4.74 Å². The van der Waals surface area contributed by atoms with Crippen molar-refractivity contribution in [3.05, 3.63) is 0 Å². The largest absolute Gasteiger partial charge is 0.383 e. The van der Waals surface area contributed by atoms with Crippen LogP contribution in [0.3, 0.4) is 0 Å². The Morgan fingerprint density at radius 1 is 0.889 bits per heavy atom. The summed E-state index contributed by atoms with van der Waals surface area (Å²) in [5.41, 5.74) is 5.49. The van der Waals surface area contributed by atoms with Gasteiger partial charge in [0.1, 0.15) is 0 Å². The van der Waals surface area contributed by atoms with Crippen LogP contribution in [0.15, 0.2) is 0 Å². The summed E-state index contributed by atoms with van der Waals surface area (Å²) in [6.45, 7) is 16.6. The Labute approximate surface area is 114 Å². The molecule has 1 rings (SSSR count). The lowest BCUT2D eigenvalue weighted by Crippen LogP contribution is -2.47. The number of methoxy groups -OCH3 is 1. The fourth-order valence-corrected chi connectivity index (χ4v) is 1.77. The first kappa shape index (κ1) is 20.2. The van der Waals surface area contributed by atoms with Crippen LogP contribution >= 0.6 is 0 Å². The van der Waals surface area contributed by atoms with Gasteiger partial charge in [0.2, 0.25) is 0 Å². The van der Waals surface area contributed by atoms with Gasteiger partial charge in [-0.25, -0.2) is 0 Å². The molecule has 1 aliphatic rings. The van der Waals surface area contributed by atoms with E-state index in [1.807, 2.05) is 27.7 Å². The number of hydrogen-bond acceptors (Lipinski definition) is 4. The predicted molar refractivity (Wildman–Crippen MR) is 81.1 cm³/mol. The minimum Gasteiger partial charge on any atom is -0.383 e. The van der Waals surface area contributed by atoms with Gasteiger partial charge in [-0.2, -0.15) is 0 Å². The molecule has 0 aliphatic carbocycles. The molecule has 0 bridgehead atoms. The summed E-state index contributed by atoms with van der Waals surface area (Å²) in [5, 5.41) is 0. The van der Waals surface area contributed by atoms with Crippen LogP contribution < -0.4 is 5.73 Å². The fourth-order valence-electron chi connectivity index (χ4n) is 1.77. The topological polar surface area (TPSA) is 41.7 Å². The molecule has 1 fully saturated rings. The van der Waals surface area contributed by atoms with E-state index in [2.05, 4.69) is 9.80 Å². The van der Waals surface area contributed by atoms with E-state index in [1.165, 1.54) is 26.2 Å². The van der Waals surface area contributed by atoms with Gasteiger partial charge in [-0.15, -0.1) is 0 Å². The minimum absolute atomic E-state index is 0.809. The maximum atomic E-state index is 5.49. The molecule has 4 nitrogen and oxygen atoms in total. The van der Waals surface area contributed by atoms with Gasteiger partial charge in [0.05, 0.1) is 6.61 Å². The van der Waals surface area contributed by atoms with Gasteiger partial charge in [0.25, 0.3) is 0 Å². The summed E-state index contributed by atoms with van der Waals surface area (Å²) in [6.07, 6.45) is 1.12. The third-order valence-corrected chi connectivity index (χ3v) is 2.76. The van der Waals surface area contributed by atoms with Crippen LogP contribution in [0.2, 0.25) is 0 Å². The molecule has 18 heavy (non-hydrogen) atoms. The Kier molecular flexibility index (Phi) is 18.9. The lowest BCUT2D eigenvalue weighted by molar-refractivity contribution is 0.0968. The molecule has 1 saturated heterocycles. The molecule has 0 unspecified atom stereocenters. The average molecular weight is 261 g/mol. The fraction of sp³-hybridized carbons (Fsp3) is 1.00. The SMILES string of the molecule is CC.CC.COCCN1CCN(CCCN)CC1. The highest BCUT2D eigenvalue weighted by molar-refractivity contribution is 4.71. The molecule has 2 N–H and O–H groups in total. The van der Waals surface area contributed by atoms with Gasteiger partial charge in [0.15, 0.2) is 0 Å². The summed E-state index contributed by atoms with van der Waals surface area (Å²) in [5.74, 6) is 0. The van der Waals surface area contributed by atoms with Crippen molar-refractivity contribution in [2.75, 3.05) is 59.5 Å². The molecule has 1 heterocycles. The molecule has 0 aromatic heterocycles. The summed E-state index contributed by atoms with van der Waals surface area (Å²) >= 11 is 0. The predicted octanol–water partition coefficient (Wildman–Crippen LogP) is 1.65. The smallest absolute Gasteiger partial charge is 0.0589 e. The van der Waals surface area contributed by atoms with Crippen molar-refractivity contribution in [2.24, 2.45) is 5.73 Å². The van der Waals surface area contributed by atoms with E-state index in [-0.39, 0.29) is 0 Å². The Morgan fingerprint density at radius 3 is 1.72 bits per heavy atom. The van der Waals surface area contributed by atoms with Gasteiger partial charge in [0, 0.05) is 39.8 Å². The molecular weight excluding hydrogens is 226 g/mol. The Hall–Kier alpha value is -0.160. The third-order valence-electron chi connectivity index (χ3n) is 2.76. The van der Waals surface area contributed by atoms with E-state index >= 15 is 0 Å². The molecule has 4 heteroatoms. The maximum Gasteiger partial charge on any atom is 0.0589 e. The summed E-state index contributed by atoms with van der Waals surface area (Å²) in [7, 11) is 1.76. The maximum absolute atomic E-state index is 5.49. The monoisotopic (exact) mass is 261 g/mol. The van der Waals surface area contributed by atoms with Crippen LogP contribution in [-0.2, 0) is 4.74 Å². The molecule has 0 atom stereocenters. The second kappa shape index (κ2) is 16.8. The van der Waals surface area contributed by atoms with Crippen LogP contribution in [0, 0.1) is 0 Å². The van der Waals surface area contributed by atoms with E-state index in [0.29, 0.717) is 0 Å². The molecule has 0 radical (unpaired) electrons. The quantitative estimate of drug-likeness (QED) is 0.789. The number of nitrogens with zero attached hydrogens (tertiary/aromatic N) is 2. The summed E-state index contributed by atoms with van der Waals surface area (Å²) in [6, 6.07) is 0. The van der Waals surface area contributed by atoms with E-state index < -0.39 is 0 Å². The molecule has 1 aliphatic heterocycles. The van der Waals surface area contributed by atoms with Crippen molar-refractivity contribution in [1.29, 1.82) is 0 Å². The number of nitrogens with two attached hydrogens (primary N) is 1. The minimum atomic E-state index is 0.809. The highest BCUT2D eigenvalue weighted by atomic mass is 16.5. The highest BCUT2D eigenvalue weighted by Gasteiger charge is 2.15. The molecule has 0 saturated carbocycles. The zero-order valence-electron chi connectivity index (χ0n) is 13.2. The highest BCUT2D eigenvalue weighted by Crippen LogP contribution is 2.01. The number of hydrogen-bond donors (Lipinski definition) is 1. The van der Waals surface area contributed by atoms with Crippen LogP contribution in [0.4, 0.5) is 0 Å². The molecule has 112 valence electrons. The van der Waals surface area contributed by atoms with Gasteiger partial charge in [-0.1, -0.05) is 27.7 Å². The van der Waals surface area contributed by atoms with Crippen LogP contribution in [0.25, 0.3) is 0 Å². The zero-order chi connectivity index (χ0) is 14.2. The Morgan fingerprint density at radius 2 is 1.33 bits per heavy atom. The van der Waals surface area contributed by atoms with E-state index in [4.69, 9.17) is 10.5 Å².